The lowest BCUT2D eigenvalue weighted by Gasteiger charge is -2.47. The molecule has 3 fully saturated rings. The molecule has 11 heteroatoms. The molecule has 3 aromatic rings. The molecular formula is C28H30ClFN6O3. The second-order valence-electron chi connectivity index (χ2n) is 11.7. The minimum atomic E-state index is -0.537. The van der Waals surface area contributed by atoms with Crippen LogP contribution in [0.5, 0.6) is 11.6 Å². The topological polar surface area (TPSA) is 93.6 Å². The van der Waals surface area contributed by atoms with Crippen LogP contribution in [0, 0.1) is 11.2 Å². The fraction of sp³-hybridized carbons (Fsp3) is 0.464. The number of carbonyl (C=O) groups excluding carboxylic acids is 1. The van der Waals surface area contributed by atoms with Crippen molar-refractivity contribution in [3.05, 3.63) is 53.2 Å². The third-order valence-corrected chi connectivity index (χ3v) is 7.47. The maximum Gasteiger partial charge on any atom is 0.410 e. The molecule has 0 radical (unpaired) electrons. The smallest absolute Gasteiger partial charge is 0.410 e. The lowest BCUT2D eigenvalue weighted by Crippen LogP contribution is -2.60. The molecule has 1 amide bonds. The fourth-order valence-corrected chi connectivity index (χ4v) is 5.52. The van der Waals surface area contributed by atoms with Gasteiger partial charge < -0.3 is 19.3 Å². The lowest BCUT2D eigenvalue weighted by atomic mass is 9.79. The molecule has 0 atom stereocenters. The average molecular weight is 553 g/mol. The highest BCUT2D eigenvalue weighted by Crippen LogP contribution is 2.47. The van der Waals surface area contributed by atoms with Crippen molar-refractivity contribution in [3.8, 4) is 22.9 Å². The van der Waals surface area contributed by atoms with Gasteiger partial charge >= 0.3 is 6.09 Å². The first-order chi connectivity index (χ1) is 18.6. The summed E-state index contributed by atoms with van der Waals surface area (Å²) < 4.78 is 26.2. The van der Waals surface area contributed by atoms with Crippen molar-refractivity contribution >= 4 is 23.5 Å². The van der Waals surface area contributed by atoms with Crippen molar-refractivity contribution < 1.29 is 18.7 Å². The zero-order valence-corrected chi connectivity index (χ0v) is 22.9. The number of hydrogen-bond donors (Lipinski definition) is 0. The molecule has 1 aliphatic carbocycles. The van der Waals surface area contributed by atoms with Gasteiger partial charge in [-0.15, -0.1) is 10.2 Å². The van der Waals surface area contributed by atoms with Gasteiger partial charge in [0.05, 0.1) is 5.69 Å². The van der Waals surface area contributed by atoms with Crippen molar-refractivity contribution in [2.45, 2.75) is 51.6 Å². The Morgan fingerprint density at radius 1 is 1.15 bits per heavy atom. The van der Waals surface area contributed by atoms with E-state index in [4.69, 9.17) is 21.1 Å². The molecule has 204 valence electrons. The summed E-state index contributed by atoms with van der Waals surface area (Å²) in [4.78, 5) is 25.3. The van der Waals surface area contributed by atoms with E-state index in [-0.39, 0.29) is 28.5 Å². The van der Waals surface area contributed by atoms with Crippen LogP contribution in [0.4, 0.5) is 15.0 Å². The normalized spacial score (nSPS) is 18.3. The second-order valence-corrected chi connectivity index (χ2v) is 12.0. The zero-order valence-electron chi connectivity index (χ0n) is 22.2. The SMILES string of the molecule is CC(C)(C)OC(=O)N1CC2(CCN(c3nc(Cl)nnc3Oc3ccc(F)cc3-c3ncccc3C3CC3)C2)C1. The summed E-state index contributed by atoms with van der Waals surface area (Å²) in [6, 6.07) is 8.29. The summed E-state index contributed by atoms with van der Waals surface area (Å²) >= 11 is 6.16. The van der Waals surface area contributed by atoms with Gasteiger partial charge in [0.15, 0.2) is 5.82 Å². The van der Waals surface area contributed by atoms with E-state index in [1.807, 2.05) is 32.9 Å². The molecule has 2 saturated heterocycles. The second kappa shape index (κ2) is 9.59. The molecule has 6 rings (SSSR count). The first-order valence-electron chi connectivity index (χ1n) is 13.1. The molecule has 3 aliphatic rings. The predicted molar refractivity (Wildman–Crippen MR) is 144 cm³/mol. The number of pyridine rings is 1. The van der Waals surface area contributed by atoms with Gasteiger partial charge in [-0.25, -0.2) is 9.18 Å². The van der Waals surface area contributed by atoms with Crippen molar-refractivity contribution in [1.29, 1.82) is 0 Å². The Labute approximate surface area is 231 Å². The number of halogens is 2. The largest absolute Gasteiger partial charge is 0.444 e. The van der Waals surface area contributed by atoms with Gasteiger partial charge in [-0.2, -0.15) is 4.98 Å². The van der Waals surface area contributed by atoms with Crippen LogP contribution in [0.3, 0.4) is 0 Å². The van der Waals surface area contributed by atoms with Gasteiger partial charge in [0.2, 0.25) is 5.28 Å². The van der Waals surface area contributed by atoms with Crippen LogP contribution in [-0.2, 0) is 4.74 Å². The van der Waals surface area contributed by atoms with Crippen LogP contribution in [0.15, 0.2) is 36.5 Å². The van der Waals surface area contributed by atoms with Gasteiger partial charge in [0.1, 0.15) is 17.2 Å². The van der Waals surface area contributed by atoms with E-state index in [1.54, 1.807) is 17.2 Å². The number of amides is 1. The Morgan fingerprint density at radius 3 is 2.69 bits per heavy atom. The van der Waals surface area contributed by atoms with E-state index >= 15 is 0 Å². The molecule has 9 nitrogen and oxygen atoms in total. The number of hydrogen-bond acceptors (Lipinski definition) is 8. The molecule has 2 aliphatic heterocycles. The van der Waals surface area contributed by atoms with E-state index < -0.39 is 5.60 Å². The highest BCUT2D eigenvalue weighted by molar-refractivity contribution is 6.28. The number of rotatable bonds is 5. The van der Waals surface area contributed by atoms with Crippen LogP contribution < -0.4 is 9.64 Å². The van der Waals surface area contributed by atoms with E-state index in [9.17, 15) is 9.18 Å². The average Bonchev–Trinajstić information content (AvgIpc) is 3.61. The summed E-state index contributed by atoms with van der Waals surface area (Å²) in [6.07, 6.45) is 4.44. The van der Waals surface area contributed by atoms with E-state index in [0.29, 0.717) is 54.9 Å². The van der Waals surface area contributed by atoms with Gasteiger partial charge in [0, 0.05) is 43.4 Å². The quantitative estimate of drug-likeness (QED) is 0.389. The van der Waals surface area contributed by atoms with E-state index in [1.165, 1.54) is 12.1 Å². The molecule has 1 aromatic carbocycles. The molecule has 0 N–H and O–H groups in total. The van der Waals surface area contributed by atoms with Crippen molar-refractivity contribution in [2.75, 3.05) is 31.1 Å². The van der Waals surface area contributed by atoms with Gasteiger partial charge in [-0.3, -0.25) is 4.98 Å². The summed E-state index contributed by atoms with van der Waals surface area (Å²) in [7, 11) is 0. The standard InChI is InChI=1S/C28H30ClFN6O3/c1-27(2,3)39-26(37)36-15-28(16-36)10-12-35(14-28)23-24(33-34-25(29)32-23)38-21-9-8-18(30)13-20(21)22-19(17-6-7-17)5-4-11-31-22/h4-5,8-9,11,13,17H,6-7,10,12,14-16H2,1-3H3. The van der Waals surface area contributed by atoms with Crippen molar-refractivity contribution in [1.82, 2.24) is 25.1 Å². The number of nitrogens with zero attached hydrogens (tertiary/aromatic N) is 6. The van der Waals surface area contributed by atoms with Crippen molar-refractivity contribution in [2.24, 2.45) is 5.41 Å². The molecule has 1 spiro atoms. The van der Waals surface area contributed by atoms with E-state index in [0.717, 1.165) is 24.8 Å². The van der Waals surface area contributed by atoms with Gasteiger partial charge in [-0.05, 0) is 87.4 Å². The summed E-state index contributed by atoms with van der Waals surface area (Å²) in [5.41, 5.74) is 1.72. The molecular weight excluding hydrogens is 523 g/mol. The summed E-state index contributed by atoms with van der Waals surface area (Å²) in [6.45, 7) is 8.13. The highest BCUT2D eigenvalue weighted by atomic mass is 35.5. The summed E-state index contributed by atoms with van der Waals surface area (Å²) in [5, 5.41) is 8.13. The first-order valence-corrected chi connectivity index (χ1v) is 13.5. The first kappa shape index (κ1) is 25.7. The minimum absolute atomic E-state index is 0.00219. The Kier molecular flexibility index (Phi) is 6.32. The highest BCUT2D eigenvalue weighted by Gasteiger charge is 2.51. The maximum atomic E-state index is 14.4. The van der Waals surface area contributed by atoms with Crippen molar-refractivity contribution in [3.63, 3.8) is 0 Å². The van der Waals surface area contributed by atoms with Crippen LogP contribution in [-0.4, -0.2) is 62.9 Å². The molecule has 4 heterocycles. The Balaban J connectivity index is 1.24. The number of likely N-dealkylation sites (tertiary alicyclic amines) is 1. The Morgan fingerprint density at radius 2 is 1.95 bits per heavy atom. The molecule has 39 heavy (non-hydrogen) atoms. The summed E-state index contributed by atoms with van der Waals surface area (Å²) in [5.74, 6) is 1.08. The maximum absolute atomic E-state index is 14.4. The van der Waals surface area contributed by atoms with Gasteiger partial charge in [0.25, 0.3) is 5.88 Å². The third-order valence-electron chi connectivity index (χ3n) is 7.31. The van der Waals surface area contributed by atoms with Crippen LogP contribution in [0.1, 0.15) is 51.5 Å². The monoisotopic (exact) mass is 552 g/mol. The van der Waals surface area contributed by atoms with Crippen LogP contribution in [0.2, 0.25) is 5.28 Å². The number of anilines is 1. The predicted octanol–water partition coefficient (Wildman–Crippen LogP) is 5.84. The Bertz CT molecular complexity index is 1420. The molecule has 1 saturated carbocycles. The van der Waals surface area contributed by atoms with Gasteiger partial charge in [-0.1, -0.05) is 6.07 Å². The zero-order chi connectivity index (χ0) is 27.4. The lowest BCUT2D eigenvalue weighted by molar-refractivity contribution is -0.0266. The van der Waals surface area contributed by atoms with E-state index in [2.05, 4.69) is 25.1 Å². The third kappa shape index (κ3) is 5.34. The number of carbonyl (C=O) groups is 1. The molecule has 0 unspecified atom stereocenters. The molecule has 2 aromatic heterocycles. The van der Waals surface area contributed by atoms with Crippen LogP contribution in [0.25, 0.3) is 11.3 Å². The Hall–Kier alpha value is -3.53. The number of aromatic nitrogens is 4. The number of ether oxygens (including phenoxy) is 2. The molecule has 0 bridgehead atoms. The fourth-order valence-electron chi connectivity index (χ4n) is 5.40. The number of benzene rings is 1. The van der Waals surface area contributed by atoms with Crippen LogP contribution >= 0.6 is 11.6 Å². The minimum Gasteiger partial charge on any atom is -0.444 e.